The first kappa shape index (κ1) is 28.1. The second-order valence-electron chi connectivity index (χ2n) is 9.06. The van der Waals surface area contributed by atoms with E-state index in [2.05, 4.69) is 33.0 Å². The van der Waals surface area contributed by atoms with Crippen molar-refractivity contribution in [1.82, 2.24) is 20.1 Å². The molecule has 0 bridgehead atoms. The van der Waals surface area contributed by atoms with E-state index in [0.717, 1.165) is 41.7 Å². The van der Waals surface area contributed by atoms with Crippen molar-refractivity contribution in [3.05, 3.63) is 80.1 Å². The zero-order valence-corrected chi connectivity index (χ0v) is 24.4. The monoisotopic (exact) mass is 595 g/mol. The zero-order valence-electron chi connectivity index (χ0n) is 22.0. The summed E-state index contributed by atoms with van der Waals surface area (Å²) in [6, 6.07) is 13.7. The van der Waals surface area contributed by atoms with Crippen LogP contribution in [0.4, 0.5) is 5.00 Å². The Hall–Kier alpha value is -3.48. The van der Waals surface area contributed by atoms with Gasteiger partial charge in [0.1, 0.15) is 5.00 Å². The molecule has 4 aromatic rings. The van der Waals surface area contributed by atoms with Crippen molar-refractivity contribution in [2.45, 2.75) is 50.9 Å². The summed E-state index contributed by atoms with van der Waals surface area (Å²) in [5.41, 5.74) is 2.66. The number of hydrogen-bond donors (Lipinski definition) is 2. The molecule has 9 nitrogen and oxygen atoms in total. The maximum Gasteiger partial charge on any atom is 0.341 e. The molecule has 0 unspecified atom stereocenters. The Labute approximate surface area is 244 Å². The lowest BCUT2D eigenvalue weighted by Gasteiger charge is -2.11. The van der Waals surface area contributed by atoms with Gasteiger partial charge < -0.3 is 19.9 Å². The predicted molar refractivity (Wildman–Crippen MR) is 157 cm³/mol. The van der Waals surface area contributed by atoms with Gasteiger partial charge in [0.05, 0.1) is 29.3 Å². The molecule has 0 fully saturated rings. The van der Waals surface area contributed by atoms with Crippen molar-refractivity contribution < 1.29 is 19.1 Å². The number of aryl methyl sites for hydroxylation is 2. The lowest BCUT2D eigenvalue weighted by Crippen LogP contribution is -2.24. The zero-order chi connectivity index (χ0) is 27.9. The van der Waals surface area contributed by atoms with Crippen LogP contribution in [-0.2, 0) is 41.9 Å². The van der Waals surface area contributed by atoms with Gasteiger partial charge in [0.25, 0.3) is 5.91 Å². The van der Waals surface area contributed by atoms with Gasteiger partial charge in [-0.15, -0.1) is 32.9 Å². The van der Waals surface area contributed by atoms with Crippen LogP contribution >= 0.6 is 34.4 Å². The minimum atomic E-state index is -0.389. The summed E-state index contributed by atoms with van der Waals surface area (Å²) >= 11 is 4.11. The fourth-order valence-electron chi connectivity index (χ4n) is 4.53. The number of carbonyl (C=O) groups excluding carboxylic acids is 3. The molecule has 0 saturated carbocycles. The third kappa shape index (κ3) is 6.62. The first-order valence-electron chi connectivity index (χ1n) is 13.1. The van der Waals surface area contributed by atoms with E-state index < -0.39 is 0 Å². The molecule has 0 spiro atoms. The van der Waals surface area contributed by atoms with Crippen molar-refractivity contribution in [2.24, 2.45) is 0 Å². The first-order chi connectivity index (χ1) is 19.5. The van der Waals surface area contributed by atoms with Crippen LogP contribution in [0.3, 0.4) is 0 Å². The molecule has 5 rings (SSSR count). The second kappa shape index (κ2) is 13.2. The number of nitrogens with one attached hydrogen (secondary N) is 2. The summed E-state index contributed by atoms with van der Waals surface area (Å²) in [5, 5.41) is 17.5. The van der Waals surface area contributed by atoms with Crippen molar-refractivity contribution >= 4 is 57.2 Å². The van der Waals surface area contributed by atoms with E-state index in [1.807, 2.05) is 34.2 Å². The fourth-order valence-corrected chi connectivity index (χ4v) is 7.24. The Kier molecular flexibility index (Phi) is 9.30. The van der Waals surface area contributed by atoms with Crippen LogP contribution in [0.2, 0.25) is 0 Å². The standard InChI is InChI=1S/C28H29N5O4S3/c1-2-37-27(36)24-19-10-6-11-20(19)40-26(24)30-23(34)17-39-28-32-31-22(16-29-25(35)21-12-7-15-38-21)33(28)14-13-18-8-4-3-5-9-18/h3-5,7-9,12,15H,2,6,10-11,13-14,16-17H2,1H3,(H,29,35)(H,30,34). The van der Waals surface area contributed by atoms with E-state index in [-0.39, 0.29) is 36.7 Å². The van der Waals surface area contributed by atoms with Gasteiger partial charge >= 0.3 is 5.97 Å². The number of hydrogen-bond acceptors (Lipinski definition) is 9. The SMILES string of the molecule is CCOC(=O)c1c(NC(=O)CSc2nnc(CNC(=O)c3cccs3)n2CCc2ccccc2)sc2c1CCC2. The van der Waals surface area contributed by atoms with Crippen LogP contribution in [-0.4, -0.2) is 44.9 Å². The number of esters is 1. The Morgan fingerprint density at radius 3 is 2.73 bits per heavy atom. The van der Waals surface area contributed by atoms with Gasteiger partial charge in [0.2, 0.25) is 5.91 Å². The van der Waals surface area contributed by atoms with Gasteiger partial charge in [-0.3, -0.25) is 9.59 Å². The minimum absolute atomic E-state index is 0.0931. The summed E-state index contributed by atoms with van der Waals surface area (Å²) in [6.45, 7) is 2.86. The molecule has 0 saturated heterocycles. The van der Waals surface area contributed by atoms with Crippen molar-refractivity contribution in [3.8, 4) is 0 Å². The summed E-state index contributed by atoms with van der Waals surface area (Å²) in [7, 11) is 0. The van der Waals surface area contributed by atoms with E-state index >= 15 is 0 Å². The van der Waals surface area contributed by atoms with Crippen LogP contribution in [0.25, 0.3) is 0 Å². The van der Waals surface area contributed by atoms with Crippen LogP contribution < -0.4 is 10.6 Å². The van der Waals surface area contributed by atoms with Crippen LogP contribution in [0, 0.1) is 0 Å². The van der Waals surface area contributed by atoms with Crippen molar-refractivity contribution in [2.75, 3.05) is 17.7 Å². The highest BCUT2D eigenvalue weighted by Gasteiger charge is 2.28. The summed E-state index contributed by atoms with van der Waals surface area (Å²) in [4.78, 5) is 39.9. The maximum absolute atomic E-state index is 13.0. The van der Waals surface area contributed by atoms with Crippen molar-refractivity contribution in [1.29, 1.82) is 0 Å². The molecule has 12 heteroatoms. The van der Waals surface area contributed by atoms with Crippen LogP contribution in [0.5, 0.6) is 0 Å². The van der Waals surface area contributed by atoms with Crippen molar-refractivity contribution in [3.63, 3.8) is 0 Å². The van der Waals surface area contributed by atoms with E-state index in [0.29, 0.717) is 33.0 Å². The molecule has 0 radical (unpaired) electrons. The number of nitrogens with zero attached hydrogens (tertiary/aromatic N) is 3. The molecule has 1 aliphatic rings. The third-order valence-electron chi connectivity index (χ3n) is 6.40. The normalized spacial score (nSPS) is 12.2. The smallest absolute Gasteiger partial charge is 0.341 e. The van der Waals surface area contributed by atoms with Gasteiger partial charge in [-0.1, -0.05) is 48.2 Å². The Bertz CT molecular complexity index is 1480. The molecule has 2 amide bonds. The van der Waals surface area contributed by atoms with Crippen LogP contribution in [0.1, 0.15) is 55.2 Å². The minimum Gasteiger partial charge on any atom is -0.462 e. The number of thioether (sulfide) groups is 1. The van der Waals surface area contributed by atoms with Crippen LogP contribution in [0.15, 0.2) is 53.0 Å². The molecule has 208 valence electrons. The molecular weight excluding hydrogens is 567 g/mol. The molecular formula is C28H29N5O4S3. The molecule has 3 heterocycles. The predicted octanol–water partition coefficient (Wildman–Crippen LogP) is 4.97. The highest BCUT2D eigenvalue weighted by atomic mass is 32.2. The third-order valence-corrected chi connectivity index (χ3v) is 9.44. The molecule has 1 aliphatic carbocycles. The number of thiophene rings is 2. The first-order valence-corrected chi connectivity index (χ1v) is 15.7. The average Bonchev–Trinajstić information content (AvgIpc) is 3.75. The Balaban J connectivity index is 1.27. The van der Waals surface area contributed by atoms with E-state index in [1.165, 1.54) is 34.4 Å². The number of aromatic nitrogens is 3. The summed E-state index contributed by atoms with van der Waals surface area (Å²) < 4.78 is 7.22. The Morgan fingerprint density at radius 2 is 1.95 bits per heavy atom. The largest absolute Gasteiger partial charge is 0.462 e. The van der Waals surface area contributed by atoms with Gasteiger partial charge in [-0.05, 0) is 55.2 Å². The quantitative estimate of drug-likeness (QED) is 0.176. The van der Waals surface area contributed by atoms with E-state index in [9.17, 15) is 14.4 Å². The van der Waals surface area contributed by atoms with Gasteiger partial charge in [0.15, 0.2) is 11.0 Å². The van der Waals surface area contributed by atoms with E-state index in [1.54, 1.807) is 13.0 Å². The molecule has 3 aromatic heterocycles. The number of ether oxygens (including phenoxy) is 1. The lowest BCUT2D eigenvalue weighted by atomic mass is 10.1. The molecule has 2 N–H and O–H groups in total. The fraction of sp³-hybridized carbons (Fsp3) is 0.321. The number of amides is 2. The summed E-state index contributed by atoms with van der Waals surface area (Å²) in [5.74, 6) is -0.0830. The highest BCUT2D eigenvalue weighted by molar-refractivity contribution is 7.99. The molecule has 0 aliphatic heterocycles. The number of rotatable bonds is 12. The molecule has 1 aromatic carbocycles. The number of benzene rings is 1. The lowest BCUT2D eigenvalue weighted by molar-refractivity contribution is -0.113. The van der Waals surface area contributed by atoms with Gasteiger partial charge in [0, 0.05) is 11.4 Å². The molecule has 40 heavy (non-hydrogen) atoms. The number of anilines is 1. The number of carbonyl (C=O) groups is 3. The highest BCUT2D eigenvalue weighted by Crippen LogP contribution is 2.39. The average molecular weight is 596 g/mol. The topological polar surface area (TPSA) is 115 Å². The molecule has 0 atom stereocenters. The maximum atomic E-state index is 13.0. The van der Waals surface area contributed by atoms with E-state index in [4.69, 9.17) is 4.74 Å². The second-order valence-corrected chi connectivity index (χ2v) is 12.1. The van der Waals surface area contributed by atoms with Gasteiger partial charge in [-0.25, -0.2) is 4.79 Å². The Morgan fingerprint density at radius 1 is 1.10 bits per heavy atom. The van der Waals surface area contributed by atoms with Gasteiger partial charge in [-0.2, -0.15) is 0 Å². The summed E-state index contributed by atoms with van der Waals surface area (Å²) in [6.07, 6.45) is 3.48. The number of fused-ring (bicyclic) bond motifs is 1.